The molecule has 0 bridgehead atoms. The molecular weight excluding hydrogens is 277 g/mol. The van der Waals surface area contributed by atoms with E-state index < -0.39 is 34.6 Å². The Morgan fingerprint density at radius 3 is 2.52 bits per heavy atom. The molecule has 0 aromatic heterocycles. The summed E-state index contributed by atoms with van der Waals surface area (Å²) < 4.78 is 13.7. The number of carboxylic acids is 1. The van der Waals surface area contributed by atoms with Gasteiger partial charge in [-0.25, -0.2) is 14.1 Å². The van der Waals surface area contributed by atoms with Gasteiger partial charge in [-0.3, -0.25) is 9.59 Å². The molecule has 110 valence electrons. The van der Waals surface area contributed by atoms with E-state index in [-0.39, 0.29) is 12.1 Å². The summed E-state index contributed by atoms with van der Waals surface area (Å²) in [5.41, 5.74) is -1.50. The van der Waals surface area contributed by atoms with Crippen molar-refractivity contribution in [3.8, 4) is 0 Å². The smallest absolute Gasteiger partial charge is 0.340 e. The molecule has 5 nitrogen and oxygen atoms in total. The molecule has 1 spiro atoms. The van der Waals surface area contributed by atoms with E-state index in [0.29, 0.717) is 12.8 Å². The maximum absolute atomic E-state index is 13.7. The van der Waals surface area contributed by atoms with Crippen LogP contribution in [0, 0.1) is 11.2 Å². The van der Waals surface area contributed by atoms with Gasteiger partial charge in [-0.2, -0.15) is 0 Å². The number of nitrogens with zero attached hydrogens (tertiary/aromatic N) is 1. The molecule has 2 aliphatic rings. The highest BCUT2D eigenvalue weighted by Crippen LogP contribution is 2.48. The molecule has 0 unspecified atom stereocenters. The highest BCUT2D eigenvalue weighted by molar-refractivity contribution is 6.24. The maximum atomic E-state index is 13.7. The van der Waals surface area contributed by atoms with Gasteiger partial charge in [-0.05, 0) is 25.0 Å². The summed E-state index contributed by atoms with van der Waals surface area (Å²) in [4.78, 5) is 36.9. The maximum Gasteiger partial charge on any atom is 0.340 e. The molecule has 1 aliphatic carbocycles. The van der Waals surface area contributed by atoms with E-state index in [1.165, 1.54) is 12.1 Å². The normalized spacial score (nSPS) is 20.5. The van der Waals surface area contributed by atoms with Crippen LogP contribution in [-0.4, -0.2) is 22.9 Å². The number of hydrogen-bond acceptors (Lipinski definition) is 3. The van der Waals surface area contributed by atoms with Crippen molar-refractivity contribution in [2.45, 2.75) is 32.1 Å². The lowest BCUT2D eigenvalue weighted by atomic mass is 9.84. The molecule has 21 heavy (non-hydrogen) atoms. The van der Waals surface area contributed by atoms with Crippen molar-refractivity contribution in [3.05, 3.63) is 29.6 Å². The zero-order valence-corrected chi connectivity index (χ0v) is 11.3. The van der Waals surface area contributed by atoms with Gasteiger partial charge in [-0.1, -0.05) is 18.9 Å². The number of amides is 2. The highest BCUT2D eigenvalue weighted by Gasteiger charge is 2.53. The molecule has 1 aromatic carbocycles. The number of carbonyl (C=O) groups is 3. The van der Waals surface area contributed by atoms with Crippen molar-refractivity contribution in [1.29, 1.82) is 0 Å². The molecule has 2 amide bonds. The molecule has 6 heteroatoms. The van der Waals surface area contributed by atoms with E-state index in [4.69, 9.17) is 5.11 Å². The summed E-state index contributed by atoms with van der Waals surface area (Å²) in [6, 6.07) is 3.61. The van der Waals surface area contributed by atoms with Gasteiger partial charge in [0.2, 0.25) is 11.8 Å². The summed E-state index contributed by atoms with van der Waals surface area (Å²) in [5.74, 6) is -3.28. The second kappa shape index (κ2) is 4.65. The van der Waals surface area contributed by atoms with Gasteiger partial charge in [0.05, 0.1) is 11.1 Å². The van der Waals surface area contributed by atoms with Gasteiger partial charge >= 0.3 is 5.97 Å². The van der Waals surface area contributed by atoms with E-state index in [1.807, 2.05) is 0 Å². The lowest BCUT2D eigenvalue weighted by Crippen LogP contribution is -2.35. The fraction of sp³-hybridized carbons (Fsp3) is 0.400. The number of benzene rings is 1. The van der Waals surface area contributed by atoms with Crippen LogP contribution >= 0.6 is 0 Å². The lowest BCUT2D eigenvalue weighted by molar-refractivity contribution is -0.125. The van der Waals surface area contributed by atoms with Crippen LogP contribution in [0.1, 0.15) is 42.5 Å². The molecule has 1 saturated carbocycles. The Labute approximate surface area is 120 Å². The molecule has 0 atom stereocenters. The molecule has 1 saturated heterocycles. The average molecular weight is 291 g/mol. The number of hydrogen-bond donors (Lipinski definition) is 1. The van der Waals surface area contributed by atoms with E-state index in [0.717, 1.165) is 23.8 Å². The number of anilines is 1. The van der Waals surface area contributed by atoms with E-state index in [9.17, 15) is 18.8 Å². The fourth-order valence-corrected chi connectivity index (χ4v) is 3.39. The molecule has 1 heterocycles. The third-order valence-corrected chi connectivity index (χ3v) is 4.40. The summed E-state index contributed by atoms with van der Waals surface area (Å²) in [5, 5.41) is 9.15. The molecule has 1 aliphatic heterocycles. The van der Waals surface area contributed by atoms with Crippen LogP contribution < -0.4 is 4.90 Å². The zero-order chi connectivity index (χ0) is 15.2. The number of rotatable bonds is 2. The molecule has 2 fully saturated rings. The van der Waals surface area contributed by atoms with Crippen molar-refractivity contribution in [3.63, 3.8) is 0 Å². The SMILES string of the molecule is O=C(O)c1c(F)cccc1N1C(=O)CC2(CCCC2)C1=O. The summed E-state index contributed by atoms with van der Waals surface area (Å²) >= 11 is 0. The topological polar surface area (TPSA) is 74.7 Å². The van der Waals surface area contributed by atoms with Gasteiger partial charge in [0, 0.05) is 6.42 Å². The van der Waals surface area contributed by atoms with Gasteiger partial charge in [0.15, 0.2) is 0 Å². The number of carboxylic acid groups (broad SMARTS) is 1. The number of carbonyl (C=O) groups excluding carboxylic acids is 2. The summed E-state index contributed by atoms with van der Waals surface area (Å²) in [6.45, 7) is 0. The first-order chi connectivity index (χ1) is 9.96. The van der Waals surface area contributed by atoms with Crippen molar-refractivity contribution in [2.75, 3.05) is 4.90 Å². The molecule has 1 N–H and O–H groups in total. The van der Waals surface area contributed by atoms with E-state index >= 15 is 0 Å². The van der Waals surface area contributed by atoms with Crippen LogP contribution in [0.2, 0.25) is 0 Å². The first-order valence-corrected chi connectivity index (χ1v) is 6.85. The number of halogens is 1. The monoisotopic (exact) mass is 291 g/mol. The predicted molar refractivity (Wildman–Crippen MR) is 71.4 cm³/mol. The Kier molecular flexibility index (Phi) is 3.04. The molecular formula is C15H14FNO4. The van der Waals surface area contributed by atoms with Crippen LogP contribution in [0.5, 0.6) is 0 Å². The first kappa shape index (κ1) is 13.7. The van der Waals surface area contributed by atoms with Crippen LogP contribution in [0.3, 0.4) is 0 Å². The average Bonchev–Trinajstić information content (AvgIpc) is 2.96. The van der Waals surface area contributed by atoms with Crippen LogP contribution in [0.25, 0.3) is 0 Å². The Bertz CT molecular complexity index is 649. The number of aromatic carboxylic acids is 1. The largest absolute Gasteiger partial charge is 0.478 e. The van der Waals surface area contributed by atoms with Crippen molar-refractivity contribution < 1.29 is 23.9 Å². The quantitative estimate of drug-likeness (QED) is 0.849. The summed E-state index contributed by atoms with van der Waals surface area (Å²) in [6.07, 6.45) is 3.10. The minimum atomic E-state index is -1.49. The third-order valence-electron chi connectivity index (χ3n) is 4.40. The van der Waals surface area contributed by atoms with Gasteiger partial charge in [0.25, 0.3) is 0 Å². The molecule has 1 aromatic rings. The Morgan fingerprint density at radius 1 is 1.24 bits per heavy atom. The van der Waals surface area contributed by atoms with Gasteiger partial charge in [0.1, 0.15) is 11.4 Å². The fourth-order valence-electron chi connectivity index (χ4n) is 3.39. The standard InChI is InChI=1S/C15H14FNO4/c16-9-4-3-5-10(12(9)13(19)20)17-11(18)8-15(14(17)21)6-1-2-7-15/h3-5H,1-2,6-8H2,(H,19,20). The van der Waals surface area contributed by atoms with Crippen LogP contribution in [0.15, 0.2) is 18.2 Å². The summed E-state index contributed by atoms with van der Waals surface area (Å²) in [7, 11) is 0. The van der Waals surface area contributed by atoms with Crippen molar-refractivity contribution in [2.24, 2.45) is 5.41 Å². The second-order valence-corrected chi connectivity index (χ2v) is 5.64. The highest BCUT2D eigenvalue weighted by atomic mass is 19.1. The molecule has 3 rings (SSSR count). The third kappa shape index (κ3) is 1.93. The van der Waals surface area contributed by atoms with E-state index in [2.05, 4.69) is 0 Å². The second-order valence-electron chi connectivity index (χ2n) is 5.64. The number of imide groups is 1. The Morgan fingerprint density at radius 2 is 1.90 bits per heavy atom. The van der Waals surface area contributed by atoms with Crippen molar-refractivity contribution in [1.82, 2.24) is 0 Å². The molecule has 0 radical (unpaired) electrons. The Balaban J connectivity index is 2.09. The minimum absolute atomic E-state index is 0.0847. The van der Waals surface area contributed by atoms with E-state index in [1.54, 1.807) is 0 Å². The lowest BCUT2D eigenvalue weighted by Gasteiger charge is -2.22. The predicted octanol–water partition coefficient (Wildman–Crippen LogP) is 2.35. The Hall–Kier alpha value is -2.24. The van der Waals surface area contributed by atoms with Gasteiger partial charge < -0.3 is 5.11 Å². The minimum Gasteiger partial charge on any atom is -0.478 e. The van der Waals surface area contributed by atoms with Crippen LogP contribution in [-0.2, 0) is 9.59 Å². The zero-order valence-electron chi connectivity index (χ0n) is 11.3. The first-order valence-electron chi connectivity index (χ1n) is 6.85. The van der Waals surface area contributed by atoms with Gasteiger partial charge in [-0.15, -0.1) is 0 Å². The van der Waals surface area contributed by atoms with Crippen LogP contribution in [0.4, 0.5) is 10.1 Å². The van der Waals surface area contributed by atoms with Crippen molar-refractivity contribution >= 4 is 23.5 Å².